The van der Waals surface area contributed by atoms with Gasteiger partial charge >= 0.3 is 6.09 Å². The van der Waals surface area contributed by atoms with Crippen molar-refractivity contribution in [3.63, 3.8) is 0 Å². The van der Waals surface area contributed by atoms with Gasteiger partial charge in [-0.05, 0) is 65.0 Å². The van der Waals surface area contributed by atoms with Gasteiger partial charge < -0.3 is 20.3 Å². The number of benzene rings is 1. The van der Waals surface area contributed by atoms with E-state index >= 15 is 0 Å². The van der Waals surface area contributed by atoms with Crippen LogP contribution in [0.25, 0.3) is 0 Å². The highest BCUT2D eigenvalue weighted by Gasteiger charge is 2.36. The minimum absolute atomic E-state index is 0.0708. The summed E-state index contributed by atoms with van der Waals surface area (Å²) < 4.78 is 5.41. The molecule has 7 nitrogen and oxygen atoms in total. The van der Waals surface area contributed by atoms with Gasteiger partial charge in [-0.1, -0.05) is 50.1 Å². The summed E-state index contributed by atoms with van der Waals surface area (Å²) in [5.74, 6) is 0.180. The third kappa shape index (κ3) is 10.8. The molecule has 2 atom stereocenters. The summed E-state index contributed by atoms with van der Waals surface area (Å²) in [5.41, 5.74) is 0.0632. The van der Waals surface area contributed by atoms with Crippen molar-refractivity contribution in [1.29, 1.82) is 0 Å². The Kier molecular flexibility index (Phi) is 13.1. The topological polar surface area (TPSA) is 87.7 Å². The summed E-state index contributed by atoms with van der Waals surface area (Å²) in [6.07, 6.45) is 4.45. The zero-order valence-electron chi connectivity index (χ0n) is 21.8. The minimum atomic E-state index is -0.790. The van der Waals surface area contributed by atoms with Crippen molar-refractivity contribution in [2.75, 3.05) is 18.6 Å². The Balaban J connectivity index is 3.36. The van der Waals surface area contributed by atoms with Crippen LogP contribution in [0.3, 0.4) is 0 Å². The highest BCUT2D eigenvalue weighted by molar-refractivity contribution is 7.98. The summed E-state index contributed by atoms with van der Waals surface area (Å²) >= 11 is 1.60. The molecule has 1 aromatic carbocycles. The molecule has 0 heterocycles. The van der Waals surface area contributed by atoms with Crippen molar-refractivity contribution in [1.82, 2.24) is 15.5 Å². The molecule has 1 aromatic rings. The van der Waals surface area contributed by atoms with Crippen molar-refractivity contribution in [3.8, 4) is 0 Å². The average Bonchev–Trinajstić information content (AvgIpc) is 2.74. The van der Waals surface area contributed by atoms with Gasteiger partial charge in [-0.15, -0.1) is 0 Å². The molecule has 0 bridgehead atoms. The maximum absolute atomic E-state index is 13.9. The molecule has 3 amide bonds. The smallest absolute Gasteiger partial charge is 0.408 e. The molecule has 34 heavy (non-hydrogen) atoms. The zero-order chi connectivity index (χ0) is 25.7. The quantitative estimate of drug-likeness (QED) is 0.381. The van der Waals surface area contributed by atoms with E-state index in [1.165, 1.54) is 0 Å². The number of nitrogens with one attached hydrogen (secondary N) is 2. The fourth-order valence-corrected chi connectivity index (χ4v) is 3.98. The van der Waals surface area contributed by atoms with Crippen molar-refractivity contribution >= 4 is 29.7 Å². The molecule has 0 saturated heterocycles. The number of amides is 3. The van der Waals surface area contributed by atoms with E-state index in [0.717, 1.165) is 24.8 Å². The maximum Gasteiger partial charge on any atom is 0.408 e. The first-order chi connectivity index (χ1) is 16.0. The highest BCUT2D eigenvalue weighted by Crippen LogP contribution is 2.24. The number of hydrogen-bond donors (Lipinski definition) is 2. The number of unbranched alkanes of at least 4 members (excludes halogenated alkanes) is 2. The molecule has 0 aliphatic carbocycles. The molecule has 0 saturated carbocycles. The monoisotopic (exact) mass is 493 g/mol. The molecule has 0 aliphatic rings. The number of nitrogens with zero attached hydrogens (tertiary/aromatic N) is 1. The fourth-order valence-electron chi connectivity index (χ4n) is 3.51. The van der Waals surface area contributed by atoms with Crippen molar-refractivity contribution in [2.24, 2.45) is 0 Å². The summed E-state index contributed by atoms with van der Waals surface area (Å²) in [6, 6.07) is 7.69. The van der Waals surface area contributed by atoms with Crippen LogP contribution in [0.5, 0.6) is 0 Å². The van der Waals surface area contributed by atoms with Crippen LogP contribution < -0.4 is 10.6 Å². The number of ether oxygens (including phenoxy) is 1. The SMILES string of the molecule is CCCCCN(C(=O)C(CCSC)NC(=O)OC(C)(C)C)C(C(=O)NC(C)C)c1ccccc1. The van der Waals surface area contributed by atoms with Crippen LogP contribution in [0.2, 0.25) is 0 Å². The van der Waals surface area contributed by atoms with E-state index in [4.69, 9.17) is 4.74 Å². The van der Waals surface area contributed by atoms with Crippen LogP contribution in [-0.4, -0.2) is 59.0 Å². The van der Waals surface area contributed by atoms with Gasteiger partial charge in [0.15, 0.2) is 0 Å². The van der Waals surface area contributed by atoms with Gasteiger partial charge in [0.25, 0.3) is 0 Å². The molecule has 8 heteroatoms. The van der Waals surface area contributed by atoms with Gasteiger partial charge in [0.05, 0.1) is 0 Å². The number of carbonyl (C=O) groups excluding carboxylic acids is 3. The van der Waals surface area contributed by atoms with Crippen LogP contribution >= 0.6 is 11.8 Å². The Hall–Kier alpha value is -2.22. The molecule has 1 rings (SSSR count). The number of thioether (sulfide) groups is 1. The second-order valence-corrected chi connectivity index (χ2v) is 10.7. The number of rotatable bonds is 13. The van der Waals surface area contributed by atoms with E-state index in [9.17, 15) is 14.4 Å². The van der Waals surface area contributed by atoms with Crippen LogP contribution in [0.4, 0.5) is 4.79 Å². The largest absolute Gasteiger partial charge is 0.444 e. The summed E-state index contributed by atoms with van der Waals surface area (Å²) in [4.78, 5) is 41.5. The fraction of sp³-hybridized carbons (Fsp3) is 0.654. The van der Waals surface area contributed by atoms with E-state index in [1.54, 1.807) is 37.4 Å². The van der Waals surface area contributed by atoms with E-state index in [-0.39, 0.29) is 17.9 Å². The van der Waals surface area contributed by atoms with Crippen molar-refractivity contribution < 1.29 is 19.1 Å². The van der Waals surface area contributed by atoms with Gasteiger partial charge in [-0.25, -0.2) is 4.79 Å². The van der Waals surface area contributed by atoms with E-state index < -0.39 is 23.8 Å². The lowest BCUT2D eigenvalue weighted by Gasteiger charge is -2.35. The molecule has 192 valence electrons. The van der Waals surface area contributed by atoms with E-state index in [1.807, 2.05) is 50.4 Å². The van der Waals surface area contributed by atoms with Crippen molar-refractivity contribution in [3.05, 3.63) is 35.9 Å². The van der Waals surface area contributed by atoms with Gasteiger partial charge in [-0.3, -0.25) is 9.59 Å². The summed E-state index contributed by atoms with van der Waals surface area (Å²) in [6.45, 7) is 11.7. The first-order valence-electron chi connectivity index (χ1n) is 12.1. The molecule has 0 aliphatic heterocycles. The minimum Gasteiger partial charge on any atom is -0.444 e. The Morgan fingerprint density at radius 2 is 1.71 bits per heavy atom. The first-order valence-corrected chi connectivity index (χ1v) is 13.5. The lowest BCUT2D eigenvalue weighted by molar-refractivity contribution is -0.142. The summed E-state index contributed by atoms with van der Waals surface area (Å²) in [7, 11) is 0. The van der Waals surface area contributed by atoms with Crippen LogP contribution in [0, 0.1) is 0 Å². The van der Waals surface area contributed by atoms with Gasteiger partial charge in [0.1, 0.15) is 17.7 Å². The van der Waals surface area contributed by atoms with Crippen LogP contribution in [-0.2, 0) is 14.3 Å². The Morgan fingerprint density at radius 3 is 2.24 bits per heavy atom. The summed E-state index contributed by atoms with van der Waals surface area (Å²) in [5, 5.41) is 5.74. The molecule has 0 radical (unpaired) electrons. The van der Waals surface area contributed by atoms with Crippen LogP contribution in [0.1, 0.15) is 78.8 Å². The first kappa shape index (κ1) is 29.8. The van der Waals surface area contributed by atoms with Gasteiger partial charge in [0, 0.05) is 12.6 Å². The molecule has 0 spiro atoms. The third-order valence-electron chi connectivity index (χ3n) is 4.99. The lowest BCUT2D eigenvalue weighted by atomic mass is 10.0. The predicted molar refractivity (Wildman–Crippen MR) is 140 cm³/mol. The molecular weight excluding hydrogens is 450 g/mol. The number of carbonyl (C=O) groups is 3. The van der Waals surface area contributed by atoms with Gasteiger partial charge in [-0.2, -0.15) is 11.8 Å². The molecule has 0 fully saturated rings. The Bertz CT molecular complexity index is 765. The average molecular weight is 494 g/mol. The molecule has 2 unspecified atom stereocenters. The number of alkyl carbamates (subject to hydrolysis) is 1. The van der Waals surface area contributed by atoms with Crippen molar-refractivity contribution in [2.45, 2.75) is 91.0 Å². The Morgan fingerprint density at radius 1 is 1.06 bits per heavy atom. The maximum atomic E-state index is 13.9. The number of hydrogen-bond acceptors (Lipinski definition) is 5. The molecule has 0 aromatic heterocycles. The lowest BCUT2D eigenvalue weighted by Crippen LogP contribution is -2.53. The zero-order valence-corrected chi connectivity index (χ0v) is 22.7. The third-order valence-corrected chi connectivity index (χ3v) is 5.64. The normalized spacial score (nSPS) is 13.2. The standard InChI is InChI=1S/C26H43N3O4S/c1-8-9-13-17-29(22(23(30)27-19(2)3)20-14-11-10-12-15-20)24(31)21(16-18-34-7)28-25(32)33-26(4,5)6/h10-12,14-15,19,21-22H,8-9,13,16-18H2,1-7H3,(H,27,30)(H,28,32). The second kappa shape index (κ2) is 14.9. The predicted octanol–water partition coefficient (Wildman–Crippen LogP) is 4.92. The van der Waals surface area contributed by atoms with Gasteiger partial charge in [0.2, 0.25) is 11.8 Å². The Labute approximate surface area is 209 Å². The van der Waals surface area contributed by atoms with E-state index in [0.29, 0.717) is 18.7 Å². The molecule has 2 N–H and O–H groups in total. The second-order valence-electron chi connectivity index (χ2n) is 9.70. The molecular formula is C26H43N3O4S. The van der Waals surface area contributed by atoms with Crippen LogP contribution in [0.15, 0.2) is 30.3 Å². The highest BCUT2D eigenvalue weighted by atomic mass is 32.2. The van der Waals surface area contributed by atoms with E-state index in [2.05, 4.69) is 17.6 Å².